The molecule has 0 radical (unpaired) electrons. The molecule has 0 aromatic heterocycles. The lowest BCUT2D eigenvalue weighted by Crippen LogP contribution is -2.28. The standard InChI is InChI=1S/C12H18BrNO/c1-3-14(4-2)9-12(15)10-5-7-11(13)8-6-10/h5-8,12,15H,3-4,9H2,1-2H3/t12-/m0/s1. The van der Waals surface area contributed by atoms with Gasteiger partial charge in [0.05, 0.1) is 6.10 Å². The Morgan fingerprint density at radius 3 is 2.20 bits per heavy atom. The van der Waals surface area contributed by atoms with Crippen molar-refractivity contribution in [2.45, 2.75) is 20.0 Å². The summed E-state index contributed by atoms with van der Waals surface area (Å²) in [5, 5.41) is 9.99. The van der Waals surface area contributed by atoms with Gasteiger partial charge < -0.3 is 10.0 Å². The van der Waals surface area contributed by atoms with E-state index in [-0.39, 0.29) is 0 Å². The van der Waals surface area contributed by atoms with Gasteiger partial charge in [-0.1, -0.05) is 41.9 Å². The average Bonchev–Trinajstić information content (AvgIpc) is 2.26. The molecule has 0 saturated carbocycles. The maximum absolute atomic E-state index is 9.99. The zero-order valence-corrected chi connectivity index (χ0v) is 10.9. The van der Waals surface area contributed by atoms with Crippen LogP contribution in [0, 0.1) is 0 Å². The second-order valence-corrected chi connectivity index (χ2v) is 4.47. The first-order valence-corrected chi connectivity index (χ1v) is 6.12. The minimum atomic E-state index is -0.391. The average molecular weight is 272 g/mol. The molecule has 1 rings (SSSR count). The molecule has 0 heterocycles. The van der Waals surface area contributed by atoms with Crippen LogP contribution in [0.2, 0.25) is 0 Å². The van der Waals surface area contributed by atoms with Crippen LogP contribution in [0.25, 0.3) is 0 Å². The first kappa shape index (κ1) is 12.7. The number of aliphatic hydroxyl groups excluding tert-OH is 1. The Morgan fingerprint density at radius 2 is 1.73 bits per heavy atom. The van der Waals surface area contributed by atoms with Gasteiger partial charge in [0.1, 0.15) is 0 Å². The third-order valence-electron chi connectivity index (χ3n) is 2.58. The van der Waals surface area contributed by atoms with E-state index in [1.54, 1.807) is 0 Å². The van der Waals surface area contributed by atoms with Gasteiger partial charge in [0.15, 0.2) is 0 Å². The third kappa shape index (κ3) is 3.93. The highest BCUT2D eigenvalue weighted by molar-refractivity contribution is 9.10. The van der Waals surface area contributed by atoms with Crippen molar-refractivity contribution in [1.29, 1.82) is 0 Å². The molecule has 1 N–H and O–H groups in total. The summed E-state index contributed by atoms with van der Waals surface area (Å²) in [4.78, 5) is 2.21. The van der Waals surface area contributed by atoms with Gasteiger partial charge in [-0.2, -0.15) is 0 Å². The smallest absolute Gasteiger partial charge is 0.0916 e. The maximum Gasteiger partial charge on any atom is 0.0916 e. The number of benzene rings is 1. The summed E-state index contributed by atoms with van der Waals surface area (Å²) in [5.74, 6) is 0. The maximum atomic E-state index is 9.99. The van der Waals surface area contributed by atoms with Crippen LogP contribution in [0.1, 0.15) is 25.5 Å². The number of hydrogen-bond donors (Lipinski definition) is 1. The monoisotopic (exact) mass is 271 g/mol. The molecule has 84 valence electrons. The fourth-order valence-electron chi connectivity index (χ4n) is 1.52. The van der Waals surface area contributed by atoms with E-state index >= 15 is 0 Å². The second kappa shape index (κ2) is 6.26. The molecule has 1 aromatic carbocycles. The quantitative estimate of drug-likeness (QED) is 0.891. The predicted molar refractivity (Wildman–Crippen MR) is 66.9 cm³/mol. The van der Waals surface area contributed by atoms with E-state index in [2.05, 4.69) is 34.7 Å². The van der Waals surface area contributed by atoms with E-state index in [0.29, 0.717) is 6.54 Å². The number of hydrogen-bond acceptors (Lipinski definition) is 2. The van der Waals surface area contributed by atoms with Crippen molar-refractivity contribution < 1.29 is 5.11 Å². The number of rotatable bonds is 5. The van der Waals surface area contributed by atoms with Crippen molar-refractivity contribution in [3.8, 4) is 0 Å². The molecule has 3 heteroatoms. The van der Waals surface area contributed by atoms with Crippen LogP contribution in [0.3, 0.4) is 0 Å². The van der Waals surface area contributed by atoms with Crippen LogP contribution in [-0.4, -0.2) is 29.6 Å². The Balaban J connectivity index is 2.60. The minimum absolute atomic E-state index is 0.391. The van der Waals surface area contributed by atoms with E-state index in [4.69, 9.17) is 0 Å². The van der Waals surface area contributed by atoms with E-state index in [1.165, 1.54) is 0 Å². The van der Waals surface area contributed by atoms with Crippen molar-refractivity contribution in [3.05, 3.63) is 34.3 Å². The van der Waals surface area contributed by atoms with Gasteiger partial charge >= 0.3 is 0 Å². The molecule has 0 aliphatic heterocycles. The summed E-state index contributed by atoms with van der Waals surface area (Å²) in [7, 11) is 0. The van der Waals surface area contributed by atoms with Gasteiger partial charge in [0.25, 0.3) is 0 Å². The lowest BCUT2D eigenvalue weighted by atomic mass is 10.1. The van der Waals surface area contributed by atoms with Gasteiger partial charge in [-0.25, -0.2) is 0 Å². The number of halogens is 1. The molecule has 0 fully saturated rings. The highest BCUT2D eigenvalue weighted by Gasteiger charge is 2.10. The molecule has 0 aliphatic carbocycles. The number of likely N-dealkylation sites (N-methyl/N-ethyl adjacent to an activating group) is 1. The van der Waals surface area contributed by atoms with E-state index in [9.17, 15) is 5.11 Å². The van der Waals surface area contributed by atoms with Crippen LogP contribution in [-0.2, 0) is 0 Å². The van der Waals surface area contributed by atoms with Crippen molar-refractivity contribution in [1.82, 2.24) is 4.90 Å². The van der Waals surface area contributed by atoms with Crippen LogP contribution >= 0.6 is 15.9 Å². The largest absolute Gasteiger partial charge is 0.387 e. The number of aliphatic hydroxyl groups is 1. The van der Waals surface area contributed by atoms with Crippen LogP contribution in [0.4, 0.5) is 0 Å². The predicted octanol–water partition coefficient (Wildman–Crippen LogP) is 2.82. The van der Waals surface area contributed by atoms with Crippen molar-refractivity contribution >= 4 is 15.9 Å². The zero-order valence-electron chi connectivity index (χ0n) is 9.28. The van der Waals surface area contributed by atoms with Crippen molar-refractivity contribution in [2.24, 2.45) is 0 Å². The topological polar surface area (TPSA) is 23.5 Å². The molecule has 1 aromatic rings. The van der Waals surface area contributed by atoms with Gasteiger partial charge in [0, 0.05) is 11.0 Å². The zero-order chi connectivity index (χ0) is 11.3. The summed E-state index contributed by atoms with van der Waals surface area (Å²) in [5.41, 5.74) is 0.977. The lowest BCUT2D eigenvalue weighted by molar-refractivity contribution is 0.119. The van der Waals surface area contributed by atoms with E-state index < -0.39 is 6.10 Å². The summed E-state index contributed by atoms with van der Waals surface area (Å²) in [6, 6.07) is 7.83. The molecule has 0 amide bonds. The molecule has 0 aliphatic rings. The van der Waals surface area contributed by atoms with Crippen LogP contribution < -0.4 is 0 Å². The summed E-state index contributed by atoms with van der Waals surface area (Å²) in [6.07, 6.45) is -0.391. The Hall–Kier alpha value is -0.380. The van der Waals surface area contributed by atoms with Gasteiger partial charge in [-0.3, -0.25) is 0 Å². The first-order chi connectivity index (χ1) is 7.17. The highest BCUT2D eigenvalue weighted by Crippen LogP contribution is 2.17. The highest BCUT2D eigenvalue weighted by atomic mass is 79.9. The fourth-order valence-corrected chi connectivity index (χ4v) is 1.78. The summed E-state index contributed by atoms with van der Waals surface area (Å²) < 4.78 is 1.04. The molecule has 0 spiro atoms. The lowest BCUT2D eigenvalue weighted by Gasteiger charge is -2.22. The molecular formula is C12H18BrNO. The molecule has 15 heavy (non-hydrogen) atoms. The van der Waals surface area contributed by atoms with Gasteiger partial charge in [-0.05, 0) is 30.8 Å². The molecule has 0 bridgehead atoms. The number of nitrogens with zero attached hydrogens (tertiary/aromatic N) is 1. The molecule has 0 saturated heterocycles. The van der Waals surface area contributed by atoms with Crippen molar-refractivity contribution in [3.63, 3.8) is 0 Å². The Kier molecular flexibility index (Phi) is 5.29. The SMILES string of the molecule is CCN(CC)C[C@H](O)c1ccc(Br)cc1. The second-order valence-electron chi connectivity index (χ2n) is 3.55. The Labute approximate surface area is 100 Å². The molecular weight excluding hydrogens is 254 g/mol. The molecule has 2 nitrogen and oxygen atoms in total. The molecule has 1 atom stereocenters. The van der Waals surface area contributed by atoms with Crippen LogP contribution in [0.15, 0.2) is 28.7 Å². The van der Waals surface area contributed by atoms with E-state index in [0.717, 1.165) is 23.1 Å². The normalized spacial score (nSPS) is 13.1. The molecule has 0 unspecified atom stereocenters. The van der Waals surface area contributed by atoms with Gasteiger partial charge in [0.2, 0.25) is 0 Å². The van der Waals surface area contributed by atoms with Crippen LogP contribution in [0.5, 0.6) is 0 Å². The summed E-state index contributed by atoms with van der Waals surface area (Å²) >= 11 is 3.38. The van der Waals surface area contributed by atoms with Gasteiger partial charge in [-0.15, -0.1) is 0 Å². The summed E-state index contributed by atoms with van der Waals surface area (Å²) in [6.45, 7) is 6.87. The minimum Gasteiger partial charge on any atom is -0.387 e. The van der Waals surface area contributed by atoms with Crippen molar-refractivity contribution in [2.75, 3.05) is 19.6 Å². The Bertz CT molecular complexity index is 282. The van der Waals surface area contributed by atoms with E-state index in [1.807, 2.05) is 24.3 Å². The third-order valence-corrected chi connectivity index (χ3v) is 3.11. The fraction of sp³-hybridized carbons (Fsp3) is 0.500. The first-order valence-electron chi connectivity index (χ1n) is 5.33. The Morgan fingerprint density at radius 1 is 1.20 bits per heavy atom.